The van der Waals surface area contributed by atoms with E-state index in [0.717, 1.165) is 30.8 Å². The number of hydrogen-bond donors (Lipinski definition) is 2. The van der Waals surface area contributed by atoms with Crippen LogP contribution in [-0.4, -0.2) is 26.0 Å². The lowest BCUT2D eigenvalue weighted by Crippen LogP contribution is -2.30. The van der Waals surface area contributed by atoms with Crippen LogP contribution in [0.25, 0.3) is 0 Å². The van der Waals surface area contributed by atoms with Crippen LogP contribution in [0.4, 0.5) is 5.69 Å². The molecule has 0 aliphatic rings. The van der Waals surface area contributed by atoms with Crippen molar-refractivity contribution in [3.8, 4) is 0 Å². The minimum absolute atomic E-state index is 0.160. The first-order valence-corrected chi connectivity index (χ1v) is 6.41. The standard InChI is InChI=1S/C13H20ClN3O/c1-3-6-16-8-10-4-5-12(11(14)7-10)17(2)9-13(15)18/h4-5,7,16H,3,6,8-9H2,1-2H3,(H2,15,18). The summed E-state index contributed by atoms with van der Waals surface area (Å²) in [7, 11) is 1.79. The Bertz CT molecular complexity index is 409. The highest BCUT2D eigenvalue weighted by Crippen LogP contribution is 2.25. The van der Waals surface area contributed by atoms with E-state index in [1.54, 1.807) is 11.9 Å². The van der Waals surface area contributed by atoms with Gasteiger partial charge in [-0.05, 0) is 30.7 Å². The summed E-state index contributed by atoms with van der Waals surface area (Å²) in [6.45, 7) is 4.07. The lowest BCUT2D eigenvalue weighted by atomic mass is 10.2. The lowest BCUT2D eigenvalue weighted by molar-refractivity contribution is -0.116. The Kier molecular flexibility index (Phi) is 5.95. The Morgan fingerprint density at radius 3 is 2.78 bits per heavy atom. The molecule has 0 unspecified atom stereocenters. The summed E-state index contributed by atoms with van der Waals surface area (Å²) in [5.74, 6) is -0.373. The average molecular weight is 270 g/mol. The number of carbonyl (C=O) groups is 1. The van der Waals surface area contributed by atoms with Crippen LogP contribution < -0.4 is 16.0 Å². The molecule has 0 aliphatic carbocycles. The molecular weight excluding hydrogens is 250 g/mol. The van der Waals surface area contributed by atoms with Crippen molar-refractivity contribution in [3.05, 3.63) is 28.8 Å². The summed E-state index contributed by atoms with van der Waals surface area (Å²) in [5, 5.41) is 3.95. The van der Waals surface area contributed by atoms with Crippen LogP contribution in [0.2, 0.25) is 5.02 Å². The second-order valence-electron chi connectivity index (χ2n) is 4.28. The van der Waals surface area contributed by atoms with Crippen LogP contribution in [-0.2, 0) is 11.3 Å². The highest BCUT2D eigenvalue weighted by atomic mass is 35.5. The van der Waals surface area contributed by atoms with Gasteiger partial charge in [-0.2, -0.15) is 0 Å². The molecule has 0 radical (unpaired) electrons. The third-order valence-corrected chi connectivity index (χ3v) is 2.87. The van der Waals surface area contributed by atoms with Gasteiger partial charge in [0.1, 0.15) is 0 Å². The molecule has 0 spiro atoms. The second-order valence-corrected chi connectivity index (χ2v) is 4.69. The Balaban J connectivity index is 2.69. The Hall–Kier alpha value is -1.26. The summed E-state index contributed by atoms with van der Waals surface area (Å²) in [4.78, 5) is 12.6. The largest absolute Gasteiger partial charge is 0.368 e. The first-order chi connectivity index (χ1) is 8.54. The van der Waals surface area contributed by atoms with Crippen molar-refractivity contribution in [1.82, 2.24) is 5.32 Å². The Morgan fingerprint density at radius 2 is 2.22 bits per heavy atom. The van der Waals surface area contributed by atoms with E-state index in [9.17, 15) is 4.79 Å². The number of primary amides is 1. The fourth-order valence-corrected chi connectivity index (χ4v) is 2.05. The van der Waals surface area contributed by atoms with Gasteiger partial charge in [0, 0.05) is 13.6 Å². The maximum absolute atomic E-state index is 10.9. The second kappa shape index (κ2) is 7.24. The normalized spacial score (nSPS) is 10.4. The first kappa shape index (κ1) is 14.8. The molecule has 1 rings (SSSR count). The van der Waals surface area contributed by atoms with Crippen molar-refractivity contribution >= 4 is 23.2 Å². The third-order valence-electron chi connectivity index (χ3n) is 2.57. The molecule has 5 heteroatoms. The molecule has 0 bridgehead atoms. The molecule has 0 aromatic heterocycles. The van der Waals surface area contributed by atoms with Crippen molar-refractivity contribution in [3.63, 3.8) is 0 Å². The van der Waals surface area contributed by atoms with Gasteiger partial charge in [-0.3, -0.25) is 4.79 Å². The molecule has 0 saturated heterocycles. The number of likely N-dealkylation sites (N-methyl/N-ethyl adjacent to an activating group) is 1. The van der Waals surface area contributed by atoms with Gasteiger partial charge < -0.3 is 16.0 Å². The molecule has 3 N–H and O–H groups in total. The average Bonchev–Trinajstić information content (AvgIpc) is 2.28. The van der Waals surface area contributed by atoms with Crippen LogP contribution in [0, 0.1) is 0 Å². The van der Waals surface area contributed by atoms with Gasteiger partial charge in [-0.1, -0.05) is 24.6 Å². The molecule has 0 aliphatic heterocycles. The Labute approximate surface area is 113 Å². The van der Waals surface area contributed by atoms with Crippen LogP contribution in [0.3, 0.4) is 0 Å². The smallest absolute Gasteiger partial charge is 0.236 e. The maximum atomic E-state index is 10.9. The third kappa shape index (κ3) is 4.55. The highest BCUT2D eigenvalue weighted by Gasteiger charge is 2.08. The van der Waals surface area contributed by atoms with Gasteiger partial charge in [0.05, 0.1) is 17.3 Å². The first-order valence-electron chi connectivity index (χ1n) is 6.03. The molecule has 100 valence electrons. The summed E-state index contributed by atoms with van der Waals surface area (Å²) >= 11 is 6.20. The number of hydrogen-bond acceptors (Lipinski definition) is 3. The molecule has 0 saturated carbocycles. The van der Waals surface area contributed by atoms with Gasteiger partial charge >= 0.3 is 0 Å². The van der Waals surface area contributed by atoms with Crippen molar-refractivity contribution in [2.45, 2.75) is 19.9 Å². The van der Waals surface area contributed by atoms with Gasteiger partial charge in [-0.15, -0.1) is 0 Å². The summed E-state index contributed by atoms with van der Waals surface area (Å²) < 4.78 is 0. The fraction of sp³-hybridized carbons (Fsp3) is 0.462. The monoisotopic (exact) mass is 269 g/mol. The minimum Gasteiger partial charge on any atom is -0.368 e. The van der Waals surface area contributed by atoms with E-state index in [1.807, 2.05) is 18.2 Å². The maximum Gasteiger partial charge on any atom is 0.236 e. The van der Waals surface area contributed by atoms with E-state index in [4.69, 9.17) is 17.3 Å². The van der Waals surface area contributed by atoms with Gasteiger partial charge in [0.15, 0.2) is 0 Å². The number of carbonyl (C=O) groups excluding carboxylic acids is 1. The van der Waals surface area contributed by atoms with Crippen molar-refractivity contribution in [2.24, 2.45) is 5.73 Å². The SMILES string of the molecule is CCCNCc1ccc(N(C)CC(N)=O)c(Cl)c1. The molecule has 1 amide bonds. The van der Waals surface area contributed by atoms with Gasteiger partial charge in [0.2, 0.25) is 5.91 Å². The van der Waals surface area contributed by atoms with Crippen LogP contribution in [0.15, 0.2) is 18.2 Å². The van der Waals surface area contributed by atoms with E-state index in [0.29, 0.717) is 5.02 Å². The summed E-state index contributed by atoms with van der Waals surface area (Å²) in [6.07, 6.45) is 1.10. The van der Waals surface area contributed by atoms with Gasteiger partial charge in [0.25, 0.3) is 0 Å². The zero-order valence-electron chi connectivity index (χ0n) is 10.9. The molecule has 4 nitrogen and oxygen atoms in total. The number of rotatable bonds is 7. The topological polar surface area (TPSA) is 58.4 Å². The van der Waals surface area contributed by atoms with E-state index in [2.05, 4.69) is 12.2 Å². The molecule has 1 aromatic rings. The summed E-state index contributed by atoms with van der Waals surface area (Å²) in [5.41, 5.74) is 7.10. The van der Waals surface area contributed by atoms with Crippen molar-refractivity contribution in [2.75, 3.05) is 25.0 Å². The van der Waals surface area contributed by atoms with Crippen molar-refractivity contribution in [1.29, 1.82) is 0 Å². The Morgan fingerprint density at radius 1 is 1.50 bits per heavy atom. The molecular formula is C13H20ClN3O. The zero-order valence-corrected chi connectivity index (χ0v) is 11.6. The number of amides is 1. The summed E-state index contributed by atoms with van der Waals surface area (Å²) in [6, 6.07) is 5.83. The van der Waals surface area contributed by atoms with Crippen LogP contribution >= 0.6 is 11.6 Å². The highest BCUT2D eigenvalue weighted by molar-refractivity contribution is 6.33. The number of anilines is 1. The molecule has 18 heavy (non-hydrogen) atoms. The predicted octanol–water partition coefficient (Wildman–Crippen LogP) is 1.76. The molecule has 0 atom stereocenters. The number of nitrogens with two attached hydrogens (primary N) is 1. The van der Waals surface area contributed by atoms with Crippen LogP contribution in [0.5, 0.6) is 0 Å². The van der Waals surface area contributed by atoms with Crippen LogP contribution in [0.1, 0.15) is 18.9 Å². The number of halogens is 1. The number of nitrogens with one attached hydrogen (secondary N) is 1. The lowest BCUT2D eigenvalue weighted by Gasteiger charge is -2.19. The number of benzene rings is 1. The quantitative estimate of drug-likeness (QED) is 0.742. The molecule has 1 aromatic carbocycles. The van der Waals surface area contributed by atoms with E-state index < -0.39 is 0 Å². The molecule has 0 fully saturated rings. The predicted molar refractivity (Wildman–Crippen MR) is 75.9 cm³/mol. The minimum atomic E-state index is -0.373. The van der Waals surface area contributed by atoms with Gasteiger partial charge in [-0.25, -0.2) is 0 Å². The fourth-order valence-electron chi connectivity index (χ4n) is 1.70. The molecule has 0 heterocycles. The van der Waals surface area contributed by atoms with E-state index in [1.165, 1.54) is 0 Å². The number of nitrogens with zero attached hydrogens (tertiary/aromatic N) is 1. The van der Waals surface area contributed by atoms with E-state index in [-0.39, 0.29) is 12.5 Å². The van der Waals surface area contributed by atoms with E-state index >= 15 is 0 Å². The zero-order chi connectivity index (χ0) is 13.5. The van der Waals surface area contributed by atoms with Crippen molar-refractivity contribution < 1.29 is 4.79 Å².